The van der Waals surface area contributed by atoms with Crippen LogP contribution in [0.3, 0.4) is 0 Å². The number of nitrogens with one attached hydrogen (secondary N) is 1. The Morgan fingerprint density at radius 3 is 1.51 bits per heavy atom. The molecule has 0 bridgehead atoms. The van der Waals surface area contributed by atoms with Gasteiger partial charge in [-0.05, 0) is 31.0 Å². The molecular formula is C38H70N4O3. The topological polar surface area (TPSA) is 79.3 Å². The van der Waals surface area contributed by atoms with Gasteiger partial charge in [0.1, 0.15) is 0 Å². The highest BCUT2D eigenvalue weighted by molar-refractivity contribution is 5.78. The van der Waals surface area contributed by atoms with Crippen LogP contribution in [0.2, 0.25) is 0 Å². The van der Waals surface area contributed by atoms with Crippen molar-refractivity contribution in [2.75, 3.05) is 53.4 Å². The molecule has 7 nitrogen and oxygen atoms in total. The number of hydrogen-bond acceptors (Lipinski definition) is 6. The molecule has 4 rings (SSSR count). The van der Waals surface area contributed by atoms with Crippen molar-refractivity contribution in [3.8, 4) is 0 Å². The van der Waals surface area contributed by atoms with Gasteiger partial charge < -0.3 is 20.4 Å². The van der Waals surface area contributed by atoms with Crippen LogP contribution in [0, 0.1) is 5.92 Å². The van der Waals surface area contributed by atoms with Gasteiger partial charge in [0, 0.05) is 58.3 Å². The van der Waals surface area contributed by atoms with E-state index in [4.69, 9.17) is 0 Å². The monoisotopic (exact) mass is 631 g/mol. The SMILES string of the molecule is CC.CC.CC.CC.CC(C)C(=O)N(C)[C@H](CN1CC[C@H](O)C1)c1ccccc1.CN[C@H](CN1CC[C@H](O)C1)c1ccccc1. The fourth-order valence-corrected chi connectivity index (χ4v) is 5.20. The first-order valence-electron chi connectivity index (χ1n) is 17.6. The zero-order valence-corrected chi connectivity index (χ0v) is 31.0. The molecule has 7 heteroatoms. The highest BCUT2D eigenvalue weighted by Crippen LogP contribution is 2.24. The van der Waals surface area contributed by atoms with Crippen molar-refractivity contribution in [1.82, 2.24) is 20.0 Å². The molecule has 0 radical (unpaired) electrons. The molecule has 45 heavy (non-hydrogen) atoms. The van der Waals surface area contributed by atoms with Crippen LogP contribution in [-0.4, -0.2) is 96.4 Å². The minimum absolute atomic E-state index is 0.00891. The minimum Gasteiger partial charge on any atom is -0.392 e. The molecule has 0 saturated carbocycles. The van der Waals surface area contributed by atoms with Crippen molar-refractivity contribution in [3.63, 3.8) is 0 Å². The number of likely N-dealkylation sites (N-methyl/N-ethyl adjacent to an activating group) is 2. The third-order valence-corrected chi connectivity index (χ3v) is 7.41. The van der Waals surface area contributed by atoms with Crippen LogP contribution in [0.1, 0.15) is 105 Å². The summed E-state index contributed by atoms with van der Waals surface area (Å²) in [6.45, 7) is 25.0. The Labute approximate surface area is 278 Å². The Morgan fingerprint density at radius 1 is 0.756 bits per heavy atom. The van der Waals surface area contributed by atoms with E-state index < -0.39 is 0 Å². The van der Waals surface area contributed by atoms with Crippen LogP contribution >= 0.6 is 0 Å². The van der Waals surface area contributed by atoms with E-state index in [1.165, 1.54) is 5.56 Å². The summed E-state index contributed by atoms with van der Waals surface area (Å²) in [6.07, 6.45) is 1.37. The lowest BCUT2D eigenvalue weighted by atomic mass is 10.0. The molecule has 2 aromatic carbocycles. The molecule has 0 aliphatic carbocycles. The molecule has 260 valence electrons. The molecule has 0 spiro atoms. The molecule has 4 atom stereocenters. The van der Waals surface area contributed by atoms with E-state index in [0.717, 1.165) is 51.1 Å². The van der Waals surface area contributed by atoms with Gasteiger partial charge in [0.2, 0.25) is 5.91 Å². The van der Waals surface area contributed by atoms with Gasteiger partial charge in [0.25, 0.3) is 0 Å². The first-order valence-corrected chi connectivity index (χ1v) is 17.6. The number of carbonyl (C=O) groups is 1. The molecule has 2 saturated heterocycles. The summed E-state index contributed by atoms with van der Waals surface area (Å²) in [5, 5.41) is 22.5. The summed E-state index contributed by atoms with van der Waals surface area (Å²) in [6, 6.07) is 21.0. The van der Waals surface area contributed by atoms with E-state index in [1.807, 2.05) is 112 Å². The maximum absolute atomic E-state index is 12.4. The lowest BCUT2D eigenvalue weighted by Crippen LogP contribution is -2.40. The molecule has 0 aromatic heterocycles. The van der Waals surface area contributed by atoms with Crippen LogP contribution in [0.15, 0.2) is 60.7 Å². The van der Waals surface area contributed by atoms with E-state index >= 15 is 0 Å². The van der Waals surface area contributed by atoms with Gasteiger partial charge in [-0.1, -0.05) is 130 Å². The number of likely N-dealkylation sites (tertiary alicyclic amines) is 2. The van der Waals surface area contributed by atoms with E-state index in [0.29, 0.717) is 12.6 Å². The van der Waals surface area contributed by atoms with Crippen LogP contribution in [0.4, 0.5) is 0 Å². The van der Waals surface area contributed by atoms with Gasteiger partial charge in [-0.3, -0.25) is 14.6 Å². The van der Waals surface area contributed by atoms with Crippen LogP contribution in [-0.2, 0) is 4.79 Å². The number of β-amino-alcohol motifs (C(OH)–C–C–N with tert-alkyl or cyclic N) is 2. The molecule has 2 aromatic rings. The quantitative estimate of drug-likeness (QED) is 0.276. The molecular weight excluding hydrogens is 560 g/mol. The maximum atomic E-state index is 12.4. The van der Waals surface area contributed by atoms with E-state index in [1.54, 1.807) is 0 Å². The van der Waals surface area contributed by atoms with Crippen LogP contribution < -0.4 is 5.32 Å². The highest BCUT2D eigenvalue weighted by atomic mass is 16.3. The van der Waals surface area contributed by atoms with Crippen molar-refractivity contribution in [2.45, 2.75) is 106 Å². The average Bonchev–Trinajstić information content (AvgIpc) is 3.72. The molecule has 3 N–H and O–H groups in total. The van der Waals surface area contributed by atoms with Crippen molar-refractivity contribution < 1.29 is 15.0 Å². The predicted molar refractivity (Wildman–Crippen MR) is 195 cm³/mol. The van der Waals surface area contributed by atoms with Crippen LogP contribution in [0.25, 0.3) is 0 Å². The fourth-order valence-electron chi connectivity index (χ4n) is 5.20. The molecule has 1 amide bonds. The fraction of sp³-hybridized carbons (Fsp3) is 0.658. The molecule has 2 aliphatic rings. The second kappa shape index (κ2) is 28.0. The van der Waals surface area contributed by atoms with E-state index in [9.17, 15) is 15.0 Å². The van der Waals surface area contributed by atoms with Gasteiger partial charge in [-0.25, -0.2) is 0 Å². The number of rotatable bonds is 9. The smallest absolute Gasteiger partial charge is 0.225 e. The van der Waals surface area contributed by atoms with E-state index in [-0.39, 0.29) is 30.1 Å². The molecule has 2 heterocycles. The Bertz CT molecular complexity index is 929. The Morgan fingerprint density at radius 2 is 1.16 bits per heavy atom. The van der Waals surface area contributed by atoms with Crippen molar-refractivity contribution >= 4 is 5.91 Å². The van der Waals surface area contributed by atoms with Crippen LogP contribution in [0.5, 0.6) is 0 Å². The second-order valence-electron chi connectivity index (χ2n) is 10.7. The normalized spacial score (nSPS) is 18.6. The van der Waals surface area contributed by atoms with Crippen molar-refractivity contribution in [1.29, 1.82) is 0 Å². The third kappa shape index (κ3) is 17.3. The van der Waals surface area contributed by atoms with Gasteiger partial charge in [-0.2, -0.15) is 0 Å². The third-order valence-electron chi connectivity index (χ3n) is 7.41. The van der Waals surface area contributed by atoms with Gasteiger partial charge in [-0.15, -0.1) is 0 Å². The highest BCUT2D eigenvalue weighted by Gasteiger charge is 2.29. The number of hydrogen-bond donors (Lipinski definition) is 3. The summed E-state index contributed by atoms with van der Waals surface area (Å²) in [7, 11) is 3.87. The number of aliphatic hydroxyl groups is 2. The summed E-state index contributed by atoms with van der Waals surface area (Å²) in [5.41, 5.74) is 2.46. The number of aliphatic hydroxyl groups excluding tert-OH is 2. The lowest BCUT2D eigenvalue weighted by molar-refractivity contribution is -0.135. The summed E-state index contributed by atoms with van der Waals surface area (Å²) < 4.78 is 0. The zero-order chi connectivity index (χ0) is 34.8. The first kappa shape index (κ1) is 44.8. The summed E-state index contributed by atoms with van der Waals surface area (Å²) in [4.78, 5) is 18.8. The zero-order valence-electron chi connectivity index (χ0n) is 31.0. The van der Waals surface area contributed by atoms with Crippen molar-refractivity contribution in [3.05, 3.63) is 71.8 Å². The Kier molecular flexibility index (Phi) is 27.9. The predicted octanol–water partition coefficient (Wildman–Crippen LogP) is 7.03. The molecule has 0 unspecified atom stereocenters. The van der Waals surface area contributed by atoms with Gasteiger partial charge >= 0.3 is 0 Å². The Balaban J connectivity index is 0. The van der Waals surface area contributed by atoms with Crippen molar-refractivity contribution in [2.24, 2.45) is 5.92 Å². The summed E-state index contributed by atoms with van der Waals surface area (Å²) >= 11 is 0. The Hall–Kier alpha value is -2.29. The van der Waals surface area contributed by atoms with Gasteiger partial charge in [0.15, 0.2) is 0 Å². The second-order valence-corrected chi connectivity index (χ2v) is 10.7. The number of nitrogens with zero attached hydrogens (tertiary/aromatic N) is 3. The first-order chi connectivity index (χ1) is 21.8. The number of benzene rings is 2. The maximum Gasteiger partial charge on any atom is 0.225 e. The molecule has 2 aliphatic heterocycles. The lowest BCUT2D eigenvalue weighted by Gasteiger charge is -2.33. The standard InChI is InChI=1S/C17H26N2O2.C13H20N2O.4C2H6/c1-13(2)17(21)18(3)16(14-7-5-4-6-8-14)12-19-10-9-15(20)11-19;1-14-13(11-5-3-2-4-6-11)10-15-8-7-12(16)9-15;4*1-2/h4-8,13,15-16,20H,9-12H2,1-3H3;2-6,12-14,16H,7-10H2,1H3;4*1-2H3/t15-,16+;12-,13+;;;;/m00..../s1. The molecule has 2 fully saturated rings. The number of carbonyl (C=O) groups excluding carboxylic acids is 1. The number of amides is 1. The summed E-state index contributed by atoms with van der Waals surface area (Å²) in [5.74, 6) is 0.147. The largest absolute Gasteiger partial charge is 0.392 e. The average molecular weight is 631 g/mol. The van der Waals surface area contributed by atoms with E-state index in [2.05, 4.69) is 51.5 Å². The van der Waals surface area contributed by atoms with Gasteiger partial charge in [0.05, 0.1) is 18.2 Å². The minimum atomic E-state index is -0.229.